The molecule has 0 saturated heterocycles. The highest BCUT2D eigenvalue weighted by atomic mass is 19.1. The predicted octanol–water partition coefficient (Wildman–Crippen LogP) is 2.29. The number of aromatic nitrogens is 1. The quantitative estimate of drug-likeness (QED) is 0.672. The van der Waals surface area contributed by atoms with E-state index in [1.807, 2.05) is 0 Å². The van der Waals surface area contributed by atoms with E-state index in [9.17, 15) is 14.0 Å². The molecule has 0 saturated carbocycles. The summed E-state index contributed by atoms with van der Waals surface area (Å²) in [5.41, 5.74) is 2.39. The lowest BCUT2D eigenvalue weighted by Crippen LogP contribution is -2.34. The molecule has 0 atom stereocenters. The lowest BCUT2D eigenvalue weighted by atomic mass is 10.2. The molecule has 0 radical (unpaired) electrons. The van der Waals surface area contributed by atoms with Crippen LogP contribution in [0.1, 0.15) is 0 Å². The number of imide groups is 1. The molecule has 1 aliphatic rings. The van der Waals surface area contributed by atoms with Gasteiger partial charge in [0.2, 0.25) is 5.89 Å². The second-order valence-electron chi connectivity index (χ2n) is 5.91. The van der Waals surface area contributed by atoms with Crippen molar-refractivity contribution in [1.82, 2.24) is 9.88 Å². The number of aliphatic hydroxyl groups is 1. The highest BCUT2D eigenvalue weighted by Crippen LogP contribution is 2.27. The number of rotatable bonds is 5. The molecule has 7 nitrogen and oxygen atoms in total. The van der Waals surface area contributed by atoms with Crippen LogP contribution in [0.5, 0.6) is 0 Å². The molecule has 8 heteroatoms. The average Bonchev–Trinajstić information content (AvgIpc) is 3.19. The highest BCUT2D eigenvalue weighted by Gasteiger charge is 2.30. The van der Waals surface area contributed by atoms with Gasteiger partial charge in [-0.25, -0.2) is 9.37 Å². The highest BCUT2D eigenvalue weighted by molar-refractivity contribution is 6.17. The Morgan fingerprint density at radius 3 is 2.67 bits per heavy atom. The molecule has 3 aromatic rings. The summed E-state index contributed by atoms with van der Waals surface area (Å²) in [6.07, 6.45) is 1.19. The minimum absolute atomic E-state index is 0.0529. The van der Waals surface area contributed by atoms with Crippen LogP contribution in [0.2, 0.25) is 0 Å². The Hall–Kier alpha value is -3.52. The van der Waals surface area contributed by atoms with Crippen molar-refractivity contribution in [2.45, 2.75) is 0 Å². The Labute approximate surface area is 152 Å². The number of carbonyl (C=O) groups is 2. The van der Waals surface area contributed by atoms with Gasteiger partial charge in [0.05, 0.1) is 13.2 Å². The number of benzene rings is 2. The number of hydrogen-bond donors (Lipinski definition) is 2. The second kappa shape index (κ2) is 6.65. The van der Waals surface area contributed by atoms with Gasteiger partial charge in [0.25, 0.3) is 11.8 Å². The SMILES string of the molecule is O=C1C=C(Nc2ccc3oc(-c4ccc(F)cc4)nc3c2)C(=O)N1CCO. The lowest BCUT2D eigenvalue weighted by molar-refractivity contribution is -0.137. The summed E-state index contributed by atoms with van der Waals surface area (Å²) in [4.78, 5) is 29.3. The summed E-state index contributed by atoms with van der Waals surface area (Å²) in [5.74, 6) is -0.970. The standard InChI is InChI=1S/C19H14FN3O4/c20-12-3-1-11(2-4-12)18-22-14-9-13(5-6-16(14)27-18)21-15-10-17(25)23(7-8-24)19(15)26/h1-6,9-10,21,24H,7-8H2. The zero-order valence-electron chi connectivity index (χ0n) is 14.0. The molecule has 0 aliphatic carbocycles. The van der Waals surface area contributed by atoms with Crippen LogP contribution in [0, 0.1) is 5.82 Å². The summed E-state index contributed by atoms with van der Waals surface area (Å²) in [6, 6.07) is 10.8. The smallest absolute Gasteiger partial charge is 0.277 e. The van der Waals surface area contributed by atoms with Gasteiger partial charge in [0.1, 0.15) is 17.0 Å². The van der Waals surface area contributed by atoms with E-state index in [2.05, 4.69) is 10.3 Å². The number of carbonyl (C=O) groups excluding carboxylic acids is 2. The summed E-state index contributed by atoms with van der Waals surface area (Å²) in [5, 5.41) is 11.8. The largest absolute Gasteiger partial charge is 0.436 e. The van der Waals surface area contributed by atoms with Crippen molar-refractivity contribution in [2.24, 2.45) is 0 Å². The van der Waals surface area contributed by atoms with Gasteiger partial charge in [0, 0.05) is 17.3 Å². The van der Waals surface area contributed by atoms with Crippen LogP contribution in [-0.4, -0.2) is 40.0 Å². The number of nitrogens with one attached hydrogen (secondary N) is 1. The van der Waals surface area contributed by atoms with E-state index in [1.54, 1.807) is 30.3 Å². The Bertz CT molecular complexity index is 1070. The topological polar surface area (TPSA) is 95.7 Å². The normalized spacial score (nSPS) is 14.1. The van der Waals surface area contributed by atoms with Crippen LogP contribution >= 0.6 is 0 Å². The zero-order valence-corrected chi connectivity index (χ0v) is 14.0. The molecule has 0 unspecified atom stereocenters. The van der Waals surface area contributed by atoms with Crippen molar-refractivity contribution in [2.75, 3.05) is 18.5 Å². The van der Waals surface area contributed by atoms with Crippen molar-refractivity contribution < 1.29 is 23.5 Å². The number of fused-ring (bicyclic) bond motifs is 1. The molecule has 0 fully saturated rings. The van der Waals surface area contributed by atoms with Gasteiger partial charge in [-0.2, -0.15) is 0 Å². The number of anilines is 1. The molecule has 2 amide bonds. The summed E-state index contributed by atoms with van der Waals surface area (Å²) in [6.45, 7) is -0.349. The molecule has 2 heterocycles. The summed E-state index contributed by atoms with van der Waals surface area (Å²) >= 11 is 0. The van der Waals surface area contributed by atoms with E-state index in [0.717, 1.165) is 4.90 Å². The fourth-order valence-corrected chi connectivity index (χ4v) is 2.79. The minimum Gasteiger partial charge on any atom is -0.436 e. The van der Waals surface area contributed by atoms with Crippen LogP contribution in [0.15, 0.2) is 58.7 Å². The van der Waals surface area contributed by atoms with Gasteiger partial charge in [-0.3, -0.25) is 14.5 Å². The molecule has 2 aromatic carbocycles. The fourth-order valence-electron chi connectivity index (χ4n) is 2.79. The Morgan fingerprint density at radius 1 is 1.15 bits per heavy atom. The molecule has 4 rings (SSSR count). The Kier molecular flexibility index (Phi) is 4.17. The number of oxazole rings is 1. The van der Waals surface area contributed by atoms with Gasteiger partial charge in [0.15, 0.2) is 5.58 Å². The first-order valence-electron chi connectivity index (χ1n) is 8.17. The Balaban J connectivity index is 1.59. The number of nitrogens with zero attached hydrogens (tertiary/aromatic N) is 2. The maximum atomic E-state index is 13.1. The summed E-state index contributed by atoms with van der Waals surface area (Å²) < 4.78 is 18.7. The molecule has 1 aliphatic heterocycles. The van der Waals surface area contributed by atoms with Crippen LogP contribution in [0.3, 0.4) is 0 Å². The monoisotopic (exact) mass is 367 g/mol. The lowest BCUT2D eigenvalue weighted by Gasteiger charge is -2.13. The number of halogens is 1. The Morgan fingerprint density at radius 2 is 1.93 bits per heavy atom. The molecule has 136 valence electrons. The van der Waals surface area contributed by atoms with Crippen molar-refractivity contribution >= 4 is 28.6 Å². The van der Waals surface area contributed by atoms with Gasteiger partial charge < -0.3 is 14.8 Å². The first kappa shape index (κ1) is 16.9. The number of amides is 2. The third kappa shape index (κ3) is 3.18. The van der Waals surface area contributed by atoms with Crippen LogP contribution in [-0.2, 0) is 9.59 Å². The van der Waals surface area contributed by atoms with Crippen LogP contribution in [0.25, 0.3) is 22.6 Å². The first-order chi connectivity index (χ1) is 13.0. The van der Waals surface area contributed by atoms with E-state index in [-0.39, 0.29) is 24.7 Å². The molecular weight excluding hydrogens is 353 g/mol. The third-order valence-corrected chi connectivity index (χ3v) is 4.09. The van der Waals surface area contributed by atoms with Gasteiger partial charge in [-0.05, 0) is 42.5 Å². The molecule has 1 aromatic heterocycles. The minimum atomic E-state index is -0.499. The van der Waals surface area contributed by atoms with Crippen molar-refractivity contribution in [1.29, 1.82) is 0 Å². The fraction of sp³-hybridized carbons (Fsp3) is 0.105. The van der Waals surface area contributed by atoms with Crippen molar-refractivity contribution in [3.8, 4) is 11.5 Å². The first-order valence-corrected chi connectivity index (χ1v) is 8.17. The average molecular weight is 367 g/mol. The van der Waals surface area contributed by atoms with Crippen LogP contribution in [0.4, 0.5) is 10.1 Å². The van der Waals surface area contributed by atoms with E-state index in [0.29, 0.717) is 28.2 Å². The second-order valence-corrected chi connectivity index (χ2v) is 5.91. The molecule has 27 heavy (non-hydrogen) atoms. The van der Waals surface area contributed by atoms with Gasteiger partial charge in [-0.15, -0.1) is 0 Å². The molecule has 2 N–H and O–H groups in total. The molecule has 0 spiro atoms. The predicted molar refractivity (Wildman–Crippen MR) is 94.9 cm³/mol. The van der Waals surface area contributed by atoms with Gasteiger partial charge >= 0.3 is 0 Å². The number of aliphatic hydroxyl groups excluding tert-OH is 1. The zero-order chi connectivity index (χ0) is 19.0. The van der Waals surface area contributed by atoms with Crippen molar-refractivity contribution in [3.05, 3.63) is 60.1 Å². The van der Waals surface area contributed by atoms with E-state index >= 15 is 0 Å². The van der Waals surface area contributed by atoms with Crippen LogP contribution < -0.4 is 5.32 Å². The van der Waals surface area contributed by atoms with E-state index in [1.165, 1.54) is 18.2 Å². The number of β-amino-alcohol motifs (C(OH)–C–C–N with tert-alkyl or cyclic N) is 1. The molecular formula is C19H14FN3O4. The van der Waals surface area contributed by atoms with E-state index < -0.39 is 11.8 Å². The van der Waals surface area contributed by atoms with E-state index in [4.69, 9.17) is 9.52 Å². The maximum Gasteiger partial charge on any atom is 0.277 e. The summed E-state index contributed by atoms with van der Waals surface area (Å²) in [7, 11) is 0. The maximum absolute atomic E-state index is 13.1. The third-order valence-electron chi connectivity index (χ3n) is 4.09. The molecule has 0 bridgehead atoms. The van der Waals surface area contributed by atoms with Gasteiger partial charge in [-0.1, -0.05) is 0 Å². The van der Waals surface area contributed by atoms with Crippen molar-refractivity contribution in [3.63, 3.8) is 0 Å². The number of hydrogen-bond acceptors (Lipinski definition) is 6.